The minimum atomic E-state index is -1.24. The smallest absolute Gasteiger partial charge is 0.261 e. The van der Waals surface area contributed by atoms with Crippen molar-refractivity contribution in [1.29, 1.82) is 0 Å². The summed E-state index contributed by atoms with van der Waals surface area (Å²) < 4.78 is 29.7. The lowest BCUT2D eigenvalue weighted by Crippen LogP contribution is -2.17. The molecule has 1 aromatic carbocycles. The van der Waals surface area contributed by atoms with Crippen molar-refractivity contribution in [3.05, 3.63) is 51.5 Å². The van der Waals surface area contributed by atoms with Crippen molar-refractivity contribution in [3.8, 4) is 11.4 Å². The van der Waals surface area contributed by atoms with Crippen molar-refractivity contribution in [2.45, 2.75) is 0 Å². The number of nitrogens with zero attached hydrogens (tertiary/aromatic N) is 3. The van der Waals surface area contributed by atoms with Crippen molar-refractivity contribution < 1.29 is 8.78 Å². The number of nitrogen functional groups attached to an aromatic ring is 1. The van der Waals surface area contributed by atoms with E-state index in [1.54, 1.807) is 0 Å². The first-order valence-corrected chi connectivity index (χ1v) is 6.53. The van der Waals surface area contributed by atoms with Gasteiger partial charge in [0.05, 0.1) is 17.1 Å². The number of aromatic nitrogens is 3. The molecule has 2 heterocycles. The Labute approximate surface area is 128 Å². The Hall–Kier alpha value is -2.54. The Bertz CT molecular complexity index is 971. The van der Waals surface area contributed by atoms with Crippen LogP contribution in [0.5, 0.6) is 0 Å². The Morgan fingerprint density at radius 3 is 2.73 bits per heavy atom. The summed E-state index contributed by atoms with van der Waals surface area (Å²) in [5, 5.41) is 0.0293. The highest BCUT2D eigenvalue weighted by Crippen LogP contribution is 2.28. The number of anilines is 1. The molecule has 0 fully saturated rings. The third-order valence-corrected chi connectivity index (χ3v) is 3.55. The number of benzene rings is 1. The van der Waals surface area contributed by atoms with Crippen molar-refractivity contribution in [2.75, 3.05) is 5.73 Å². The van der Waals surface area contributed by atoms with Crippen molar-refractivity contribution >= 4 is 28.2 Å². The van der Waals surface area contributed by atoms with Crippen molar-refractivity contribution in [2.24, 2.45) is 7.05 Å². The molecule has 22 heavy (non-hydrogen) atoms. The van der Waals surface area contributed by atoms with Gasteiger partial charge in [0.2, 0.25) is 0 Å². The first kappa shape index (κ1) is 14.4. The van der Waals surface area contributed by atoms with E-state index in [-0.39, 0.29) is 33.0 Å². The molecule has 5 nitrogen and oxygen atoms in total. The third-order valence-electron chi connectivity index (χ3n) is 3.26. The average Bonchev–Trinajstić information content (AvgIpc) is 2.49. The predicted molar refractivity (Wildman–Crippen MR) is 79.6 cm³/mol. The monoisotopic (exact) mass is 322 g/mol. The maximum atomic E-state index is 14.3. The van der Waals surface area contributed by atoms with Gasteiger partial charge in [-0.05, 0) is 17.5 Å². The highest BCUT2D eigenvalue weighted by atomic mass is 35.5. The first-order chi connectivity index (χ1) is 10.4. The number of rotatable bonds is 1. The zero-order valence-electron chi connectivity index (χ0n) is 11.3. The summed E-state index contributed by atoms with van der Waals surface area (Å²) in [7, 11) is 1.45. The maximum Gasteiger partial charge on any atom is 0.261 e. The molecular weight excluding hydrogens is 314 g/mol. The highest BCUT2D eigenvalue weighted by Gasteiger charge is 2.19. The molecule has 2 N–H and O–H groups in total. The van der Waals surface area contributed by atoms with Gasteiger partial charge in [0, 0.05) is 13.2 Å². The predicted octanol–water partition coefficient (Wildman–Crippen LogP) is 2.51. The second-order valence-corrected chi connectivity index (χ2v) is 5.08. The molecule has 2 aromatic heterocycles. The van der Waals surface area contributed by atoms with Crippen molar-refractivity contribution in [3.63, 3.8) is 0 Å². The normalized spacial score (nSPS) is 11.1. The Kier molecular flexibility index (Phi) is 3.29. The van der Waals surface area contributed by atoms with Crippen LogP contribution in [0.25, 0.3) is 22.2 Å². The van der Waals surface area contributed by atoms with Gasteiger partial charge in [-0.1, -0.05) is 11.6 Å². The van der Waals surface area contributed by atoms with Crippen LogP contribution in [0.4, 0.5) is 14.6 Å². The molecule has 0 aliphatic carbocycles. The zero-order chi connectivity index (χ0) is 16.0. The van der Waals surface area contributed by atoms with E-state index in [0.29, 0.717) is 0 Å². The molecular formula is C14H9ClF2N4O. The largest absolute Gasteiger partial charge is 0.382 e. The molecule has 0 unspecified atom stereocenters. The number of hydrogen-bond acceptors (Lipinski definition) is 4. The fraction of sp³-hybridized carbons (Fsp3) is 0.0714. The summed E-state index contributed by atoms with van der Waals surface area (Å²) in [6, 6.07) is 2.81. The molecule has 0 atom stereocenters. The van der Waals surface area contributed by atoms with E-state index < -0.39 is 17.2 Å². The molecule has 0 aliphatic heterocycles. The third kappa shape index (κ3) is 2.10. The van der Waals surface area contributed by atoms with E-state index in [1.165, 1.54) is 36.1 Å². The average molecular weight is 323 g/mol. The van der Waals surface area contributed by atoms with Gasteiger partial charge in [-0.3, -0.25) is 4.79 Å². The molecule has 0 radical (unpaired) electrons. The minimum absolute atomic E-state index is 0.0458. The van der Waals surface area contributed by atoms with E-state index >= 15 is 0 Å². The second-order valence-electron chi connectivity index (χ2n) is 4.67. The number of pyridine rings is 1. The van der Waals surface area contributed by atoms with E-state index in [2.05, 4.69) is 9.97 Å². The molecule has 112 valence electrons. The number of fused-ring (bicyclic) bond motifs is 1. The SMILES string of the molecule is Cn1ccc2cc(-c3ncc(Cl)c(N)n3)c(F)c(F)c2c1=O. The number of nitrogens with two attached hydrogens (primary N) is 1. The van der Waals surface area contributed by atoms with Gasteiger partial charge in [0.25, 0.3) is 5.56 Å². The van der Waals surface area contributed by atoms with Gasteiger partial charge in [-0.15, -0.1) is 0 Å². The lowest BCUT2D eigenvalue weighted by atomic mass is 10.1. The van der Waals surface area contributed by atoms with Crippen LogP contribution >= 0.6 is 11.6 Å². The van der Waals surface area contributed by atoms with Crippen molar-refractivity contribution in [1.82, 2.24) is 14.5 Å². The summed E-state index contributed by atoms with van der Waals surface area (Å²) in [6.45, 7) is 0. The van der Waals surface area contributed by atoms with Crippen LogP contribution < -0.4 is 11.3 Å². The van der Waals surface area contributed by atoms with Crippen LogP contribution in [0.3, 0.4) is 0 Å². The summed E-state index contributed by atoms with van der Waals surface area (Å²) in [5.74, 6) is -2.61. The highest BCUT2D eigenvalue weighted by molar-refractivity contribution is 6.32. The Balaban J connectivity index is 2.37. The van der Waals surface area contributed by atoms with E-state index in [0.717, 1.165) is 0 Å². The molecule has 3 aromatic rings. The second kappa shape index (κ2) is 5.03. The molecule has 0 bridgehead atoms. The quantitative estimate of drug-likeness (QED) is 0.747. The lowest BCUT2D eigenvalue weighted by Gasteiger charge is -2.08. The first-order valence-electron chi connectivity index (χ1n) is 6.16. The van der Waals surface area contributed by atoms with Crippen LogP contribution in [0, 0.1) is 11.6 Å². The van der Waals surface area contributed by atoms with Crippen LogP contribution in [0.2, 0.25) is 5.02 Å². The summed E-state index contributed by atoms with van der Waals surface area (Å²) in [5.41, 5.74) is 4.73. The van der Waals surface area contributed by atoms with Gasteiger partial charge in [0.15, 0.2) is 17.5 Å². The minimum Gasteiger partial charge on any atom is -0.382 e. The van der Waals surface area contributed by atoms with Crippen LogP contribution in [0.15, 0.2) is 29.3 Å². The molecule has 0 aliphatic rings. The van der Waals surface area contributed by atoms with E-state index in [9.17, 15) is 13.6 Å². The molecule has 0 amide bonds. The van der Waals surface area contributed by atoms with Gasteiger partial charge >= 0.3 is 0 Å². The molecule has 0 spiro atoms. The van der Waals surface area contributed by atoms with Gasteiger partial charge in [-0.25, -0.2) is 18.7 Å². The van der Waals surface area contributed by atoms with E-state index in [1.807, 2.05) is 0 Å². The maximum absolute atomic E-state index is 14.3. The fourth-order valence-electron chi connectivity index (χ4n) is 2.10. The van der Waals surface area contributed by atoms with Crippen LogP contribution in [-0.4, -0.2) is 14.5 Å². The molecule has 0 saturated heterocycles. The Morgan fingerprint density at radius 1 is 1.32 bits per heavy atom. The standard InChI is InChI=1S/C14H9ClF2N4O/c1-21-3-2-6-4-7(10(16)11(17)9(6)14(21)22)13-19-5-8(15)12(18)20-13/h2-5H,1H3,(H2,18,19,20). The van der Waals surface area contributed by atoms with Gasteiger partial charge in [0.1, 0.15) is 10.8 Å². The molecule has 3 rings (SSSR count). The van der Waals surface area contributed by atoms with Gasteiger partial charge < -0.3 is 10.3 Å². The zero-order valence-corrected chi connectivity index (χ0v) is 12.0. The summed E-state index contributed by atoms with van der Waals surface area (Å²) in [6.07, 6.45) is 2.66. The number of halogens is 3. The van der Waals surface area contributed by atoms with E-state index in [4.69, 9.17) is 17.3 Å². The number of aryl methyl sites for hydroxylation is 1. The van der Waals surface area contributed by atoms with Crippen LogP contribution in [-0.2, 0) is 7.05 Å². The number of hydrogen-bond donors (Lipinski definition) is 1. The Morgan fingerprint density at radius 2 is 2.05 bits per heavy atom. The molecule has 0 saturated carbocycles. The summed E-state index contributed by atoms with van der Waals surface area (Å²) in [4.78, 5) is 19.6. The lowest BCUT2D eigenvalue weighted by molar-refractivity contribution is 0.517. The topological polar surface area (TPSA) is 73.8 Å². The van der Waals surface area contributed by atoms with Crippen LogP contribution in [0.1, 0.15) is 0 Å². The van der Waals surface area contributed by atoms with Gasteiger partial charge in [-0.2, -0.15) is 0 Å². The molecule has 8 heteroatoms. The summed E-state index contributed by atoms with van der Waals surface area (Å²) >= 11 is 5.71. The fourth-order valence-corrected chi connectivity index (χ4v) is 2.19.